The first kappa shape index (κ1) is 13.3. The second-order valence-corrected chi connectivity index (χ2v) is 3.18. The lowest BCUT2D eigenvalue weighted by molar-refractivity contribution is 0.387. The Hall–Kier alpha value is -0.300. The van der Waals surface area contributed by atoms with Crippen LogP contribution in [0.3, 0.4) is 0 Å². The highest BCUT2D eigenvalue weighted by Gasteiger charge is 2.10. The van der Waals surface area contributed by atoms with Crippen molar-refractivity contribution >= 4 is 0 Å². The van der Waals surface area contributed by atoms with Crippen LogP contribution in [0.4, 0.5) is 0 Å². The summed E-state index contributed by atoms with van der Waals surface area (Å²) in [6.45, 7) is 15.1. The van der Waals surface area contributed by atoms with Gasteiger partial charge in [0.1, 0.15) is 0 Å². The third-order valence-electron chi connectivity index (χ3n) is 1.54. The molecule has 0 aliphatic carbocycles. The number of hydrogen-bond acceptors (Lipinski definition) is 1. The fourth-order valence-corrected chi connectivity index (χ4v) is 0.604. The molecule has 0 aliphatic rings. The lowest BCUT2D eigenvalue weighted by Crippen LogP contribution is -2.37. The maximum absolute atomic E-state index is 3.37. The molecule has 0 aromatic rings. The van der Waals surface area contributed by atoms with Gasteiger partial charge in [0, 0.05) is 5.54 Å². The Balaban J connectivity index is 0. The Bertz CT molecular complexity index is 84.9. The van der Waals surface area contributed by atoms with Gasteiger partial charge in [-0.05, 0) is 33.7 Å². The van der Waals surface area contributed by atoms with E-state index in [2.05, 4.69) is 39.6 Å². The van der Waals surface area contributed by atoms with Crippen molar-refractivity contribution < 1.29 is 0 Å². The van der Waals surface area contributed by atoms with Crippen molar-refractivity contribution in [3.05, 3.63) is 12.7 Å². The molecule has 0 amide bonds. The summed E-state index contributed by atoms with van der Waals surface area (Å²) in [6.07, 6.45) is 2.95. The number of nitrogens with one attached hydrogen (secondary N) is 1. The van der Waals surface area contributed by atoms with E-state index in [0.717, 1.165) is 6.54 Å². The van der Waals surface area contributed by atoms with Crippen molar-refractivity contribution in [1.29, 1.82) is 0 Å². The van der Waals surface area contributed by atoms with E-state index in [-0.39, 0.29) is 0 Å². The Morgan fingerprint density at radius 1 is 1.36 bits per heavy atom. The van der Waals surface area contributed by atoms with E-state index >= 15 is 0 Å². The first-order valence-electron chi connectivity index (χ1n) is 4.36. The molecule has 0 aromatic carbocycles. The van der Waals surface area contributed by atoms with Crippen molar-refractivity contribution in [3.63, 3.8) is 0 Å². The third kappa shape index (κ3) is 12.8. The summed E-state index contributed by atoms with van der Waals surface area (Å²) in [5.74, 6) is 0. The summed E-state index contributed by atoms with van der Waals surface area (Å²) >= 11 is 0. The smallest absolute Gasteiger partial charge is 0.0122 e. The van der Waals surface area contributed by atoms with E-state index in [1.165, 1.54) is 6.42 Å². The van der Waals surface area contributed by atoms with Gasteiger partial charge in [-0.25, -0.2) is 0 Å². The quantitative estimate of drug-likeness (QED) is 0.621. The second kappa shape index (κ2) is 7.80. The van der Waals surface area contributed by atoms with Crippen molar-refractivity contribution in [3.8, 4) is 0 Å². The molecule has 68 valence electrons. The molecule has 0 rings (SSSR count). The molecule has 0 spiro atoms. The summed E-state index contributed by atoms with van der Waals surface area (Å²) in [7, 11) is 0. The molecule has 0 saturated heterocycles. The molecule has 1 heteroatoms. The molecule has 0 bridgehead atoms. The lowest BCUT2D eigenvalue weighted by Gasteiger charge is -2.23. The van der Waals surface area contributed by atoms with Crippen LogP contribution in [-0.4, -0.2) is 12.1 Å². The largest absolute Gasteiger partial charge is 0.312 e. The predicted molar refractivity (Wildman–Crippen MR) is 53.9 cm³/mol. The van der Waals surface area contributed by atoms with E-state index in [4.69, 9.17) is 0 Å². The first-order chi connectivity index (χ1) is 5.04. The lowest BCUT2D eigenvalue weighted by atomic mass is 10.0. The molecule has 0 atom stereocenters. The number of hydrogen-bond donors (Lipinski definition) is 1. The van der Waals surface area contributed by atoms with Crippen LogP contribution in [0.1, 0.15) is 41.0 Å². The van der Waals surface area contributed by atoms with Gasteiger partial charge in [0.2, 0.25) is 0 Å². The summed E-state index contributed by atoms with van der Waals surface area (Å²) < 4.78 is 0. The van der Waals surface area contributed by atoms with Crippen LogP contribution in [0.5, 0.6) is 0 Å². The van der Waals surface area contributed by atoms with Crippen LogP contribution in [0.15, 0.2) is 12.7 Å². The molecule has 0 fully saturated rings. The molecular weight excluding hydrogens is 134 g/mol. The zero-order valence-corrected chi connectivity index (χ0v) is 8.70. The van der Waals surface area contributed by atoms with Crippen LogP contribution in [0.25, 0.3) is 0 Å². The van der Waals surface area contributed by atoms with Gasteiger partial charge >= 0.3 is 0 Å². The monoisotopic (exact) mass is 157 g/mol. The highest BCUT2D eigenvalue weighted by molar-refractivity contribution is 4.73. The van der Waals surface area contributed by atoms with E-state index in [1.54, 1.807) is 6.08 Å². The standard InChI is InChI=1S/C7H17N.C3H6/c1-5-7(3,4)8-6-2;1-3-2/h8H,5-6H2,1-4H3;3H,1H2,2H3. The highest BCUT2D eigenvalue weighted by Crippen LogP contribution is 2.04. The van der Waals surface area contributed by atoms with Crippen molar-refractivity contribution in [2.75, 3.05) is 6.54 Å². The van der Waals surface area contributed by atoms with E-state index < -0.39 is 0 Å². The third-order valence-corrected chi connectivity index (χ3v) is 1.54. The van der Waals surface area contributed by atoms with Crippen molar-refractivity contribution in [2.24, 2.45) is 0 Å². The summed E-state index contributed by atoms with van der Waals surface area (Å²) in [5, 5.41) is 3.37. The van der Waals surface area contributed by atoms with Gasteiger partial charge in [-0.3, -0.25) is 0 Å². The normalized spacial score (nSPS) is 9.91. The molecule has 0 aliphatic heterocycles. The van der Waals surface area contributed by atoms with Crippen LogP contribution < -0.4 is 5.32 Å². The molecule has 0 unspecified atom stereocenters. The SMILES string of the molecule is C=CC.CCNC(C)(C)CC. The van der Waals surface area contributed by atoms with E-state index in [0.29, 0.717) is 5.54 Å². The molecule has 0 aromatic heterocycles. The Morgan fingerprint density at radius 3 is 1.82 bits per heavy atom. The Morgan fingerprint density at radius 2 is 1.73 bits per heavy atom. The van der Waals surface area contributed by atoms with Gasteiger partial charge in [0.05, 0.1) is 0 Å². The van der Waals surface area contributed by atoms with E-state index in [9.17, 15) is 0 Å². The maximum atomic E-state index is 3.37. The second-order valence-electron chi connectivity index (χ2n) is 3.18. The van der Waals surface area contributed by atoms with Crippen LogP contribution in [-0.2, 0) is 0 Å². The average Bonchev–Trinajstić information content (AvgIpc) is 1.90. The van der Waals surface area contributed by atoms with Crippen LogP contribution in [0, 0.1) is 0 Å². The van der Waals surface area contributed by atoms with Crippen molar-refractivity contribution in [2.45, 2.75) is 46.6 Å². The number of rotatable bonds is 3. The Labute approximate surface area is 71.9 Å². The molecule has 0 heterocycles. The fraction of sp³-hybridized carbons (Fsp3) is 0.800. The van der Waals surface area contributed by atoms with Crippen LogP contribution in [0.2, 0.25) is 0 Å². The Kier molecular flexibility index (Phi) is 9.44. The molecule has 11 heavy (non-hydrogen) atoms. The maximum Gasteiger partial charge on any atom is 0.0122 e. The minimum Gasteiger partial charge on any atom is -0.312 e. The number of allylic oxidation sites excluding steroid dienone is 1. The summed E-state index contributed by atoms with van der Waals surface area (Å²) in [6, 6.07) is 0. The molecule has 0 radical (unpaired) electrons. The van der Waals surface area contributed by atoms with Gasteiger partial charge in [0.25, 0.3) is 0 Å². The molecular formula is C10H23N. The zero-order valence-electron chi connectivity index (χ0n) is 8.70. The molecule has 1 N–H and O–H groups in total. The van der Waals surface area contributed by atoms with E-state index in [1.807, 2.05) is 6.92 Å². The van der Waals surface area contributed by atoms with Gasteiger partial charge in [-0.1, -0.05) is 19.9 Å². The molecule has 0 saturated carbocycles. The fourth-order valence-electron chi connectivity index (χ4n) is 0.604. The predicted octanol–water partition coefficient (Wildman–Crippen LogP) is 2.98. The minimum atomic E-state index is 0.342. The van der Waals surface area contributed by atoms with Gasteiger partial charge in [0.15, 0.2) is 0 Å². The highest BCUT2D eigenvalue weighted by atomic mass is 14.9. The van der Waals surface area contributed by atoms with Crippen LogP contribution >= 0.6 is 0 Å². The van der Waals surface area contributed by atoms with Gasteiger partial charge < -0.3 is 5.32 Å². The minimum absolute atomic E-state index is 0.342. The zero-order chi connectivity index (χ0) is 9.33. The average molecular weight is 157 g/mol. The topological polar surface area (TPSA) is 12.0 Å². The summed E-state index contributed by atoms with van der Waals surface area (Å²) in [5.41, 5.74) is 0.342. The first-order valence-corrected chi connectivity index (χ1v) is 4.36. The van der Waals surface area contributed by atoms with Crippen molar-refractivity contribution in [1.82, 2.24) is 5.32 Å². The summed E-state index contributed by atoms with van der Waals surface area (Å²) in [4.78, 5) is 0. The van der Waals surface area contributed by atoms with Gasteiger partial charge in [-0.2, -0.15) is 0 Å². The molecule has 1 nitrogen and oxygen atoms in total. The van der Waals surface area contributed by atoms with Gasteiger partial charge in [-0.15, -0.1) is 6.58 Å².